The highest BCUT2D eigenvalue weighted by Crippen LogP contribution is 2.21. The lowest BCUT2D eigenvalue weighted by molar-refractivity contribution is 0.489. The average molecular weight is 340 g/mol. The van der Waals surface area contributed by atoms with Gasteiger partial charge in [0.2, 0.25) is 10.0 Å². The third-order valence-corrected chi connectivity index (χ3v) is 6.04. The third-order valence-electron chi connectivity index (χ3n) is 2.24. The highest BCUT2D eigenvalue weighted by molar-refractivity contribution is 9.09. The Morgan fingerprint density at radius 2 is 2.06 bits per heavy atom. The van der Waals surface area contributed by atoms with Gasteiger partial charge in [0.15, 0.2) is 0 Å². The molecule has 0 radical (unpaired) electrons. The fourth-order valence-corrected chi connectivity index (χ4v) is 4.73. The van der Waals surface area contributed by atoms with Crippen LogP contribution in [0.3, 0.4) is 0 Å². The summed E-state index contributed by atoms with van der Waals surface area (Å²) in [7, 11) is -3.36. The van der Waals surface area contributed by atoms with Crippen LogP contribution in [0.25, 0.3) is 0 Å². The molecule has 0 amide bonds. The Morgan fingerprint density at radius 3 is 2.47 bits per heavy atom. The van der Waals surface area contributed by atoms with E-state index in [0.29, 0.717) is 15.5 Å². The zero-order valence-corrected chi connectivity index (χ0v) is 13.5. The molecule has 3 nitrogen and oxygen atoms in total. The maximum absolute atomic E-state index is 12.1. The quantitative estimate of drug-likeness (QED) is 0.809. The Bertz CT molecular complexity index is 454. The summed E-state index contributed by atoms with van der Waals surface area (Å²) in [5, 5.41) is 0.634. The lowest BCUT2D eigenvalue weighted by Crippen LogP contribution is -2.36. The molecule has 0 saturated carbocycles. The zero-order valence-electron chi connectivity index (χ0n) is 10.2. The number of hydrogen-bond acceptors (Lipinski definition) is 3. The molecular formula is C11H18BrNO2S2. The topological polar surface area (TPSA) is 46.2 Å². The minimum atomic E-state index is -3.36. The highest BCUT2D eigenvalue weighted by Gasteiger charge is 2.21. The zero-order chi connectivity index (χ0) is 13.1. The van der Waals surface area contributed by atoms with E-state index in [0.717, 1.165) is 11.3 Å². The standard InChI is InChI=1S/C11H18BrNO2S2/c1-8(2)6-10(7-12)13-17(14,15)11-5-4-9(3)16-11/h4-5,8,10,13H,6-7H2,1-3H3. The molecule has 0 aliphatic heterocycles. The summed E-state index contributed by atoms with van der Waals surface area (Å²) in [6, 6.07) is 3.43. The predicted molar refractivity (Wildman–Crippen MR) is 76.4 cm³/mol. The Labute approximate surface area is 116 Å². The first kappa shape index (κ1) is 15.1. The molecule has 1 unspecified atom stereocenters. The SMILES string of the molecule is Cc1ccc(S(=O)(=O)NC(CBr)CC(C)C)s1. The molecule has 98 valence electrons. The van der Waals surface area contributed by atoms with E-state index >= 15 is 0 Å². The van der Waals surface area contributed by atoms with Gasteiger partial charge < -0.3 is 0 Å². The Balaban J connectivity index is 2.78. The number of halogens is 1. The highest BCUT2D eigenvalue weighted by atomic mass is 79.9. The molecule has 0 aliphatic carbocycles. The van der Waals surface area contributed by atoms with Crippen molar-refractivity contribution in [3.8, 4) is 0 Å². The molecule has 1 N–H and O–H groups in total. The number of nitrogens with one attached hydrogen (secondary N) is 1. The fourth-order valence-electron chi connectivity index (χ4n) is 1.55. The summed E-state index contributed by atoms with van der Waals surface area (Å²) in [5.41, 5.74) is 0. The van der Waals surface area contributed by atoms with Gasteiger partial charge in [-0.15, -0.1) is 11.3 Å². The maximum atomic E-state index is 12.1. The van der Waals surface area contributed by atoms with Gasteiger partial charge in [0.25, 0.3) is 0 Å². The van der Waals surface area contributed by atoms with Crippen LogP contribution in [0.15, 0.2) is 16.3 Å². The first-order valence-electron chi connectivity index (χ1n) is 5.50. The van der Waals surface area contributed by atoms with Gasteiger partial charge in [-0.05, 0) is 31.4 Å². The second kappa shape index (κ2) is 6.31. The summed E-state index contributed by atoms with van der Waals surface area (Å²) in [6.45, 7) is 6.07. The monoisotopic (exact) mass is 339 g/mol. The molecule has 0 aliphatic rings. The van der Waals surface area contributed by atoms with Crippen LogP contribution in [0.4, 0.5) is 0 Å². The predicted octanol–water partition coefficient (Wildman–Crippen LogP) is 3.14. The number of aryl methyl sites for hydroxylation is 1. The molecule has 6 heteroatoms. The Kier molecular flexibility index (Phi) is 5.63. The number of thiophene rings is 1. The Hall–Kier alpha value is 0.0900. The molecule has 1 heterocycles. The van der Waals surface area contributed by atoms with Crippen molar-refractivity contribution < 1.29 is 8.42 Å². The van der Waals surface area contributed by atoms with Crippen LogP contribution in [0.2, 0.25) is 0 Å². The Morgan fingerprint density at radius 1 is 1.41 bits per heavy atom. The second-order valence-corrected chi connectivity index (χ2v) is 8.34. The van der Waals surface area contributed by atoms with E-state index in [-0.39, 0.29) is 6.04 Å². The van der Waals surface area contributed by atoms with E-state index in [1.54, 1.807) is 6.07 Å². The summed E-state index contributed by atoms with van der Waals surface area (Å²) in [4.78, 5) is 1.00. The van der Waals surface area contributed by atoms with Gasteiger partial charge in [-0.1, -0.05) is 29.8 Å². The van der Waals surface area contributed by atoms with Crippen LogP contribution in [0.1, 0.15) is 25.1 Å². The molecular weight excluding hydrogens is 322 g/mol. The van der Waals surface area contributed by atoms with E-state index in [2.05, 4.69) is 34.5 Å². The van der Waals surface area contributed by atoms with E-state index in [4.69, 9.17) is 0 Å². The van der Waals surface area contributed by atoms with Gasteiger partial charge >= 0.3 is 0 Å². The van der Waals surface area contributed by atoms with E-state index in [1.165, 1.54) is 11.3 Å². The van der Waals surface area contributed by atoms with Crippen molar-refractivity contribution in [2.75, 3.05) is 5.33 Å². The van der Waals surface area contributed by atoms with Gasteiger partial charge in [0.1, 0.15) is 4.21 Å². The molecule has 17 heavy (non-hydrogen) atoms. The maximum Gasteiger partial charge on any atom is 0.250 e. The first-order chi connectivity index (χ1) is 7.85. The van der Waals surface area contributed by atoms with Gasteiger partial charge in [-0.25, -0.2) is 13.1 Å². The number of hydrogen-bond donors (Lipinski definition) is 1. The number of alkyl halides is 1. The first-order valence-corrected chi connectivity index (χ1v) is 8.92. The molecule has 1 atom stereocenters. The van der Waals surface area contributed by atoms with Crippen LogP contribution in [-0.2, 0) is 10.0 Å². The molecule has 1 aromatic rings. The van der Waals surface area contributed by atoms with Gasteiger partial charge in [0, 0.05) is 16.2 Å². The minimum absolute atomic E-state index is 0.0533. The number of rotatable bonds is 6. The molecule has 0 fully saturated rings. The summed E-state index contributed by atoms with van der Waals surface area (Å²) in [5.74, 6) is 0.463. The van der Waals surface area contributed by atoms with Crippen molar-refractivity contribution >= 4 is 37.3 Å². The van der Waals surface area contributed by atoms with Crippen LogP contribution < -0.4 is 4.72 Å². The van der Waals surface area contributed by atoms with Gasteiger partial charge in [0.05, 0.1) is 0 Å². The second-order valence-electron chi connectivity index (χ2n) is 4.47. The van der Waals surface area contributed by atoms with E-state index < -0.39 is 10.0 Å². The number of sulfonamides is 1. The molecule has 0 spiro atoms. The van der Waals surface area contributed by atoms with Crippen molar-refractivity contribution in [1.29, 1.82) is 0 Å². The van der Waals surface area contributed by atoms with Crippen molar-refractivity contribution in [1.82, 2.24) is 4.72 Å². The van der Waals surface area contributed by atoms with Crippen LogP contribution in [0.5, 0.6) is 0 Å². The van der Waals surface area contributed by atoms with Crippen LogP contribution >= 0.6 is 27.3 Å². The molecule has 0 aromatic carbocycles. The lowest BCUT2D eigenvalue weighted by Gasteiger charge is -2.17. The molecule has 0 saturated heterocycles. The van der Waals surface area contributed by atoms with Crippen molar-refractivity contribution in [2.24, 2.45) is 5.92 Å². The van der Waals surface area contributed by atoms with Crippen molar-refractivity contribution in [2.45, 2.75) is 37.4 Å². The fraction of sp³-hybridized carbons (Fsp3) is 0.636. The van der Waals surface area contributed by atoms with Gasteiger partial charge in [-0.3, -0.25) is 0 Å². The molecule has 1 rings (SSSR count). The third kappa shape index (κ3) is 4.69. The summed E-state index contributed by atoms with van der Waals surface area (Å²) < 4.78 is 27.3. The van der Waals surface area contributed by atoms with Crippen LogP contribution in [-0.4, -0.2) is 19.8 Å². The average Bonchev–Trinajstić information content (AvgIpc) is 2.63. The van der Waals surface area contributed by atoms with Crippen molar-refractivity contribution in [3.63, 3.8) is 0 Å². The molecule has 1 aromatic heterocycles. The smallest absolute Gasteiger partial charge is 0.207 e. The largest absolute Gasteiger partial charge is 0.250 e. The normalized spacial score (nSPS) is 14.2. The lowest BCUT2D eigenvalue weighted by atomic mass is 10.1. The van der Waals surface area contributed by atoms with E-state index in [9.17, 15) is 8.42 Å². The molecule has 0 bridgehead atoms. The van der Waals surface area contributed by atoms with Crippen LogP contribution in [0, 0.1) is 12.8 Å². The minimum Gasteiger partial charge on any atom is -0.207 e. The summed E-state index contributed by atoms with van der Waals surface area (Å²) >= 11 is 4.65. The van der Waals surface area contributed by atoms with E-state index in [1.807, 2.05) is 13.0 Å². The van der Waals surface area contributed by atoms with Crippen molar-refractivity contribution in [3.05, 3.63) is 17.0 Å². The summed E-state index contributed by atoms with van der Waals surface area (Å²) in [6.07, 6.45) is 0.828. The van der Waals surface area contributed by atoms with Gasteiger partial charge in [-0.2, -0.15) is 0 Å².